The van der Waals surface area contributed by atoms with Gasteiger partial charge in [0.25, 0.3) is 11.8 Å². The second kappa shape index (κ2) is 7.83. The van der Waals surface area contributed by atoms with Gasteiger partial charge in [0.15, 0.2) is 0 Å². The molecule has 2 aromatic rings. The summed E-state index contributed by atoms with van der Waals surface area (Å²) in [5, 5.41) is 2.87. The van der Waals surface area contributed by atoms with Crippen molar-refractivity contribution < 1.29 is 9.59 Å². The molecule has 1 N–H and O–H groups in total. The molecule has 0 aromatic heterocycles. The number of rotatable bonds is 3. The van der Waals surface area contributed by atoms with Gasteiger partial charge in [-0.15, -0.1) is 0 Å². The molecule has 2 amide bonds. The van der Waals surface area contributed by atoms with Gasteiger partial charge in [-0.1, -0.05) is 35.0 Å². The third-order valence-electron chi connectivity index (χ3n) is 4.58. The fourth-order valence-electron chi connectivity index (χ4n) is 2.96. The number of hydrogen-bond donors (Lipinski definition) is 1. The van der Waals surface area contributed by atoms with Gasteiger partial charge >= 0.3 is 0 Å². The van der Waals surface area contributed by atoms with E-state index in [0.717, 1.165) is 30.4 Å². The summed E-state index contributed by atoms with van der Waals surface area (Å²) in [6.45, 7) is 3.76. The Bertz CT molecular complexity index is 766. The second-order valence-electron chi connectivity index (χ2n) is 6.48. The van der Waals surface area contributed by atoms with Crippen LogP contribution in [0.15, 0.2) is 53.0 Å². The van der Waals surface area contributed by atoms with Crippen molar-refractivity contribution in [2.24, 2.45) is 5.92 Å². The summed E-state index contributed by atoms with van der Waals surface area (Å²) in [4.78, 5) is 27.2. The Balaban J connectivity index is 1.77. The van der Waals surface area contributed by atoms with Crippen molar-refractivity contribution in [1.29, 1.82) is 0 Å². The highest BCUT2D eigenvalue weighted by atomic mass is 79.9. The van der Waals surface area contributed by atoms with Crippen molar-refractivity contribution in [2.45, 2.75) is 19.8 Å². The molecule has 0 atom stereocenters. The van der Waals surface area contributed by atoms with Crippen LogP contribution >= 0.6 is 15.9 Å². The third-order valence-corrected chi connectivity index (χ3v) is 5.11. The number of para-hydroxylation sites is 1. The van der Waals surface area contributed by atoms with Gasteiger partial charge in [0, 0.05) is 23.1 Å². The number of hydrogen-bond acceptors (Lipinski definition) is 2. The number of carbonyl (C=O) groups is 2. The van der Waals surface area contributed by atoms with Gasteiger partial charge in [-0.2, -0.15) is 0 Å². The maximum absolute atomic E-state index is 12.9. The smallest absolute Gasteiger partial charge is 0.255 e. The summed E-state index contributed by atoms with van der Waals surface area (Å²) in [6.07, 6.45) is 2.05. The number of likely N-dealkylation sites (tertiary alicyclic amines) is 1. The van der Waals surface area contributed by atoms with Crippen molar-refractivity contribution in [3.63, 3.8) is 0 Å². The van der Waals surface area contributed by atoms with Crippen LogP contribution in [0, 0.1) is 5.92 Å². The molecule has 0 bridgehead atoms. The standard InChI is InChI=1S/C20H21BrN2O2/c1-14-10-12-23(13-11-14)20(25)17-4-2-3-5-18(17)22-19(24)15-6-8-16(21)9-7-15/h2-9,14H,10-13H2,1H3,(H,22,24). The van der Waals surface area contributed by atoms with Crippen molar-refractivity contribution in [3.8, 4) is 0 Å². The van der Waals surface area contributed by atoms with Crippen LogP contribution in [0.25, 0.3) is 0 Å². The molecule has 130 valence electrons. The number of carbonyl (C=O) groups excluding carboxylic acids is 2. The quantitative estimate of drug-likeness (QED) is 0.819. The number of nitrogens with one attached hydrogen (secondary N) is 1. The molecule has 4 nitrogen and oxygen atoms in total. The van der Waals surface area contributed by atoms with Crippen LogP contribution < -0.4 is 5.32 Å². The zero-order chi connectivity index (χ0) is 17.8. The third kappa shape index (κ3) is 4.28. The van der Waals surface area contributed by atoms with E-state index in [1.807, 2.05) is 29.2 Å². The molecule has 1 fully saturated rings. The van der Waals surface area contributed by atoms with Crippen molar-refractivity contribution >= 4 is 33.4 Å². The molecule has 1 saturated heterocycles. The molecule has 0 spiro atoms. The normalized spacial score (nSPS) is 15.0. The minimum absolute atomic E-state index is 0.0152. The number of anilines is 1. The molecule has 0 aliphatic carbocycles. The van der Waals surface area contributed by atoms with Gasteiger partial charge in [-0.3, -0.25) is 9.59 Å². The Morgan fingerprint density at radius 2 is 1.68 bits per heavy atom. The Kier molecular flexibility index (Phi) is 5.53. The van der Waals surface area contributed by atoms with Crippen LogP contribution in [0.1, 0.15) is 40.5 Å². The molecule has 1 aliphatic rings. The lowest BCUT2D eigenvalue weighted by molar-refractivity contribution is 0.0698. The van der Waals surface area contributed by atoms with Gasteiger partial charge in [-0.05, 0) is 55.2 Å². The molecule has 0 saturated carbocycles. The molecule has 5 heteroatoms. The molecule has 1 aliphatic heterocycles. The van der Waals surface area contributed by atoms with Gasteiger partial charge in [-0.25, -0.2) is 0 Å². The molecule has 0 unspecified atom stereocenters. The first-order valence-corrected chi connectivity index (χ1v) is 9.29. The van der Waals surface area contributed by atoms with E-state index in [1.165, 1.54) is 0 Å². The van der Waals surface area contributed by atoms with E-state index in [2.05, 4.69) is 28.2 Å². The van der Waals surface area contributed by atoms with Gasteiger partial charge in [0.1, 0.15) is 0 Å². The number of halogens is 1. The second-order valence-corrected chi connectivity index (χ2v) is 7.40. The van der Waals surface area contributed by atoms with E-state index in [-0.39, 0.29) is 11.8 Å². The van der Waals surface area contributed by atoms with E-state index < -0.39 is 0 Å². The van der Waals surface area contributed by atoms with Crippen LogP contribution in [0.5, 0.6) is 0 Å². The highest BCUT2D eigenvalue weighted by molar-refractivity contribution is 9.10. The highest BCUT2D eigenvalue weighted by Gasteiger charge is 2.23. The SMILES string of the molecule is CC1CCN(C(=O)c2ccccc2NC(=O)c2ccc(Br)cc2)CC1. The van der Waals surface area contributed by atoms with E-state index in [9.17, 15) is 9.59 Å². The molecular weight excluding hydrogens is 380 g/mol. The molecule has 25 heavy (non-hydrogen) atoms. The highest BCUT2D eigenvalue weighted by Crippen LogP contribution is 2.23. The van der Waals surface area contributed by atoms with Crippen LogP contribution in [0.3, 0.4) is 0 Å². The topological polar surface area (TPSA) is 49.4 Å². The average Bonchev–Trinajstić information content (AvgIpc) is 2.63. The summed E-state index contributed by atoms with van der Waals surface area (Å²) < 4.78 is 0.916. The zero-order valence-corrected chi connectivity index (χ0v) is 15.8. The first-order chi connectivity index (χ1) is 12.0. The Morgan fingerprint density at radius 3 is 2.36 bits per heavy atom. The fourth-order valence-corrected chi connectivity index (χ4v) is 3.22. The molecular formula is C20H21BrN2O2. The Morgan fingerprint density at radius 1 is 1.04 bits per heavy atom. The number of benzene rings is 2. The molecule has 0 radical (unpaired) electrons. The maximum atomic E-state index is 12.9. The largest absolute Gasteiger partial charge is 0.339 e. The molecule has 1 heterocycles. The van der Waals surface area contributed by atoms with E-state index in [0.29, 0.717) is 22.7 Å². The molecule has 2 aromatic carbocycles. The number of nitrogens with zero attached hydrogens (tertiary/aromatic N) is 1. The van der Waals surface area contributed by atoms with Crippen LogP contribution in [-0.4, -0.2) is 29.8 Å². The number of piperidine rings is 1. The van der Waals surface area contributed by atoms with Gasteiger partial charge in [0.05, 0.1) is 11.3 Å². The monoisotopic (exact) mass is 400 g/mol. The first-order valence-electron chi connectivity index (χ1n) is 8.50. The summed E-state index contributed by atoms with van der Waals surface area (Å²) in [7, 11) is 0. The fraction of sp³-hybridized carbons (Fsp3) is 0.300. The predicted octanol–water partition coefficient (Wildman–Crippen LogP) is 4.57. The van der Waals surface area contributed by atoms with Crippen LogP contribution in [0.2, 0.25) is 0 Å². The van der Waals surface area contributed by atoms with Crippen molar-refractivity contribution in [1.82, 2.24) is 4.90 Å². The summed E-state index contributed by atoms with van der Waals surface area (Å²) in [5.74, 6) is 0.426. The first kappa shape index (κ1) is 17.7. The van der Waals surface area contributed by atoms with E-state index in [4.69, 9.17) is 0 Å². The Labute approximate surface area is 156 Å². The van der Waals surface area contributed by atoms with Gasteiger partial charge in [0.2, 0.25) is 0 Å². The lowest BCUT2D eigenvalue weighted by atomic mass is 9.98. The summed E-state index contributed by atoms with van der Waals surface area (Å²) >= 11 is 3.36. The minimum atomic E-state index is -0.222. The van der Waals surface area contributed by atoms with Crippen molar-refractivity contribution in [3.05, 3.63) is 64.1 Å². The average molecular weight is 401 g/mol. The molecule has 3 rings (SSSR count). The minimum Gasteiger partial charge on any atom is -0.339 e. The Hall–Kier alpha value is -2.14. The summed E-state index contributed by atoms with van der Waals surface area (Å²) in [5.41, 5.74) is 1.65. The predicted molar refractivity (Wildman–Crippen MR) is 103 cm³/mol. The van der Waals surface area contributed by atoms with Crippen LogP contribution in [-0.2, 0) is 0 Å². The zero-order valence-electron chi connectivity index (χ0n) is 14.2. The summed E-state index contributed by atoms with van der Waals surface area (Å²) in [6, 6.07) is 14.3. The number of amides is 2. The van der Waals surface area contributed by atoms with Gasteiger partial charge < -0.3 is 10.2 Å². The van der Waals surface area contributed by atoms with Crippen LogP contribution in [0.4, 0.5) is 5.69 Å². The van der Waals surface area contributed by atoms with E-state index in [1.54, 1.807) is 24.3 Å². The lowest BCUT2D eigenvalue weighted by Crippen LogP contribution is -2.38. The lowest BCUT2D eigenvalue weighted by Gasteiger charge is -2.30. The van der Waals surface area contributed by atoms with Crippen molar-refractivity contribution in [2.75, 3.05) is 18.4 Å². The van der Waals surface area contributed by atoms with E-state index >= 15 is 0 Å². The maximum Gasteiger partial charge on any atom is 0.255 e.